The Morgan fingerprint density at radius 3 is 2.92 bits per heavy atom. The van der Waals surface area contributed by atoms with Gasteiger partial charge in [-0.25, -0.2) is 0 Å². The topological polar surface area (TPSA) is 9.23 Å². The average Bonchev–Trinajstić information content (AvgIpc) is 2.31. The second-order valence-corrected chi connectivity index (χ2v) is 5.38. The molecule has 4 unspecified atom stereocenters. The number of hydrogen-bond donors (Lipinski definition) is 0. The molecule has 0 spiro atoms. The van der Waals surface area contributed by atoms with Crippen LogP contribution >= 0.6 is 0 Å². The number of hydrogen-bond acceptors (Lipinski definition) is 1. The van der Waals surface area contributed by atoms with Crippen LogP contribution in [-0.2, 0) is 4.74 Å². The van der Waals surface area contributed by atoms with E-state index in [1.165, 1.54) is 19.3 Å². The van der Waals surface area contributed by atoms with Gasteiger partial charge in [0.05, 0.1) is 6.61 Å². The highest BCUT2D eigenvalue weighted by Gasteiger charge is 2.49. The lowest BCUT2D eigenvalue weighted by molar-refractivity contribution is -0.0615. The van der Waals surface area contributed by atoms with E-state index in [0.717, 1.165) is 31.0 Å². The molecule has 0 amide bonds. The molecule has 0 N–H and O–H groups in total. The summed E-state index contributed by atoms with van der Waals surface area (Å²) in [6.45, 7) is 9.22. The van der Waals surface area contributed by atoms with Gasteiger partial charge in [-0.15, -0.1) is 0 Å². The Labute approximate surface area is 81.9 Å². The predicted molar refractivity (Wildman–Crippen MR) is 54.6 cm³/mol. The molecule has 2 fully saturated rings. The zero-order valence-electron chi connectivity index (χ0n) is 9.18. The van der Waals surface area contributed by atoms with Crippen molar-refractivity contribution in [3.63, 3.8) is 0 Å². The maximum Gasteiger partial charge on any atom is 0.0522 e. The van der Waals surface area contributed by atoms with Crippen LogP contribution in [0.3, 0.4) is 0 Å². The van der Waals surface area contributed by atoms with E-state index in [1.54, 1.807) is 0 Å². The summed E-state index contributed by atoms with van der Waals surface area (Å²) in [5, 5.41) is 0. The van der Waals surface area contributed by atoms with E-state index in [0.29, 0.717) is 5.41 Å². The SMILES string of the molecule is CCC(C)C1C2CCC1(C)COC2. The first-order chi connectivity index (χ1) is 6.17. The summed E-state index contributed by atoms with van der Waals surface area (Å²) >= 11 is 0. The monoisotopic (exact) mass is 182 g/mol. The Morgan fingerprint density at radius 1 is 1.54 bits per heavy atom. The highest BCUT2D eigenvalue weighted by molar-refractivity contribution is 4.98. The number of fused-ring (bicyclic) bond motifs is 2. The van der Waals surface area contributed by atoms with Gasteiger partial charge in [-0.05, 0) is 36.0 Å². The van der Waals surface area contributed by atoms with Crippen molar-refractivity contribution in [2.75, 3.05) is 13.2 Å². The number of rotatable bonds is 2. The van der Waals surface area contributed by atoms with Crippen LogP contribution in [0.15, 0.2) is 0 Å². The molecule has 1 saturated carbocycles. The van der Waals surface area contributed by atoms with E-state index < -0.39 is 0 Å². The molecule has 4 atom stereocenters. The maximum atomic E-state index is 5.68. The highest BCUT2D eigenvalue weighted by atomic mass is 16.5. The third-order valence-corrected chi connectivity index (χ3v) is 4.42. The first kappa shape index (κ1) is 9.51. The largest absolute Gasteiger partial charge is 0.381 e. The molecule has 1 heteroatoms. The molecule has 1 aliphatic carbocycles. The van der Waals surface area contributed by atoms with Crippen LogP contribution in [0.5, 0.6) is 0 Å². The molecule has 0 aromatic rings. The lowest BCUT2D eigenvalue weighted by atomic mass is 9.69. The van der Waals surface area contributed by atoms with Gasteiger partial charge in [0.2, 0.25) is 0 Å². The maximum absolute atomic E-state index is 5.68. The summed E-state index contributed by atoms with van der Waals surface area (Å²) in [4.78, 5) is 0. The Kier molecular flexibility index (Phi) is 2.39. The van der Waals surface area contributed by atoms with Crippen LogP contribution in [0, 0.1) is 23.2 Å². The molecule has 2 bridgehead atoms. The van der Waals surface area contributed by atoms with Crippen LogP contribution < -0.4 is 0 Å². The van der Waals surface area contributed by atoms with Crippen molar-refractivity contribution in [2.45, 2.75) is 40.0 Å². The van der Waals surface area contributed by atoms with Crippen LogP contribution in [0.25, 0.3) is 0 Å². The van der Waals surface area contributed by atoms with Gasteiger partial charge in [0.15, 0.2) is 0 Å². The van der Waals surface area contributed by atoms with Gasteiger partial charge < -0.3 is 4.74 Å². The molecular weight excluding hydrogens is 160 g/mol. The molecule has 2 rings (SSSR count). The van der Waals surface area contributed by atoms with Crippen LogP contribution in [-0.4, -0.2) is 13.2 Å². The second-order valence-electron chi connectivity index (χ2n) is 5.38. The second kappa shape index (κ2) is 3.27. The molecule has 0 radical (unpaired) electrons. The Bertz CT molecular complexity index is 186. The van der Waals surface area contributed by atoms with Gasteiger partial charge in [0.25, 0.3) is 0 Å². The third-order valence-electron chi connectivity index (χ3n) is 4.42. The molecular formula is C12H22O. The molecule has 1 heterocycles. The lowest BCUT2D eigenvalue weighted by Crippen LogP contribution is -2.40. The highest BCUT2D eigenvalue weighted by Crippen LogP contribution is 2.53. The summed E-state index contributed by atoms with van der Waals surface area (Å²) in [6.07, 6.45) is 4.13. The van der Waals surface area contributed by atoms with Crippen LogP contribution in [0.2, 0.25) is 0 Å². The van der Waals surface area contributed by atoms with Crippen molar-refractivity contribution in [1.82, 2.24) is 0 Å². The van der Waals surface area contributed by atoms with Crippen molar-refractivity contribution >= 4 is 0 Å². The van der Waals surface area contributed by atoms with Gasteiger partial charge in [-0.3, -0.25) is 0 Å². The van der Waals surface area contributed by atoms with Crippen molar-refractivity contribution < 1.29 is 4.74 Å². The number of ether oxygens (including phenoxy) is 1. The minimum atomic E-state index is 0.512. The Balaban J connectivity index is 2.17. The minimum Gasteiger partial charge on any atom is -0.381 e. The van der Waals surface area contributed by atoms with Crippen molar-refractivity contribution in [2.24, 2.45) is 23.2 Å². The lowest BCUT2D eigenvalue weighted by Gasteiger charge is -2.41. The molecule has 1 nitrogen and oxygen atoms in total. The fourth-order valence-electron chi connectivity index (χ4n) is 3.63. The first-order valence-electron chi connectivity index (χ1n) is 5.75. The Morgan fingerprint density at radius 2 is 2.31 bits per heavy atom. The van der Waals surface area contributed by atoms with Gasteiger partial charge in [-0.1, -0.05) is 27.2 Å². The van der Waals surface area contributed by atoms with Gasteiger partial charge in [-0.2, -0.15) is 0 Å². The van der Waals surface area contributed by atoms with E-state index in [2.05, 4.69) is 20.8 Å². The summed E-state index contributed by atoms with van der Waals surface area (Å²) in [7, 11) is 0. The zero-order chi connectivity index (χ0) is 9.47. The normalized spacial score (nSPS) is 46.4. The van der Waals surface area contributed by atoms with Gasteiger partial charge in [0.1, 0.15) is 0 Å². The van der Waals surface area contributed by atoms with E-state index in [4.69, 9.17) is 4.74 Å². The fraction of sp³-hybridized carbons (Fsp3) is 1.00. The standard InChI is InChI=1S/C12H22O/c1-4-9(2)11-10-5-6-12(11,3)8-13-7-10/h9-11H,4-8H2,1-3H3. The molecule has 1 aliphatic heterocycles. The van der Waals surface area contributed by atoms with E-state index in [1.807, 2.05) is 0 Å². The molecule has 0 aromatic carbocycles. The van der Waals surface area contributed by atoms with Crippen molar-refractivity contribution in [1.29, 1.82) is 0 Å². The predicted octanol–water partition coefficient (Wildman–Crippen LogP) is 3.10. The van der Waals surface area contributed by atoms with Crippen LogP contribution in [0.4, 0.5) is 0 Å². The third kappa shape index (κ3) is 1.41. The summed E-state index contributed by atoms with van der Waals surface area (Å²) < 4.78 is 5.68. The van der Waals surface area contributed by atoms with Crippen molar-refractivity contribution in [3.05, 3.63) is 0 Å². The Hall–Kier alpha value is -0.0400. The summed E-state index contributed by atoms with van der Waals surface area (Å²) in [5.74, 6) is 2.70. The first-order valence-corrected chi connectivity index (χ1v) is 5.75. The molecule has 0 aromatic heterocycles. The minimum absolute atomic E-state index is 0.512. The van der Waals surface area contributed by atoms with Crippen LogP contribution in [0.1, 0.15) is 40.0 Å². The fourth-order valence-corrected chi connectivity index (χ4v) is 3.63. The smallest absolute Gasteiger partial charge is 0.0522 e. The summed E-state index contributed by atoms with van der Waals surface area (Å²) in [6, 6.07) is 0. The van der Waals surface area contributed by atoms with E-state index in [-0.39, 0.29) is 0 Å². The van der Waals surface area contributed by atoms with Gasteiger partial charge >= 0.3 is 0 Å². The molecule has 2 aliphatic rings. The van der Waals surface area contributed by atoms with E-state index in [9.17, 15) is 0 Å². The quantitative estimate of drug-likeness (QED) is 0.637. The summed E-state index contributed by atoms with van der Waals surface area (Å²) in [5.41, 5.74) is 0.512. The molecule has 1 saturated heterocycles. The molecule has 13 heavy (non-hydrogen) atoms. The van der Waals surface area contributed by atoms with Gasteiger partial charge in [0, 0.05) is 6.61 Å². The van der Waals surface area contributed by atoms with Crippen molar-refractivity contribution in [3.8, 4) is 0 Å². The average molecular weight is 182 g/mol. The van der Waals surface area contributed by atoms with E-state index >= 15 is 0 Å². The zero-order valence-corrected chi connectivity index (χ0v) is 9.18. The molecule has 76 valence electrons.